The van der Waals surface area contributed by atoms with Gasteiger partial charge in [-0.15, -0.1) is 0 Å². The van der Waals surface area contributed by atoms with Crippen molar-refractivity contribution in [1.29, 1.82) is 0 Å². The molecule has 19 heavy (non-hydrogen) atoms. The van der Waals surface area contributed by atoms with Crippen LogP contribution in [0.3, 0.4) is 0 Å². The van der Waals surface area contributed by atoms with Gasteiger partial charge in [-0.3, -0.25) is 0 Å². The molecule has 0 saturated heterocycles. The Balaban J connectivity index is 2.16. The van der Waals surface area contributed by atoms with E-state index in [1.165, 1.54) is 12.1 Å². The normalized spacial score (nSPS) is 10.9. The Morgan fingerprint density at radius 1 is 1.05 bits per heavy atom. The minimum Gasteiger partial charge on any atom is -0.496 e. The van der Waals surface area contributed by atoms with Gasteiger partial charge in [0.1, 0.15) is 11.6 Å². The molecule has 3 heteroatoms. The number of benzene rings is 2. The van der Waals surface area contributed by atoms with Crippen LogP contribution in [0.25, 0.3) is 22.2 Å². The molecule has 0 unspecified atom stereocenters. The largest absolute Gasteiger partial charge is 0.496 e. The summed E-state index contributed by atoms with van der Waals surface area (Å²) in [6.45, 7) is 2.03. The fourth-order valence-electron chi connectivity index (χ4n) is 2.34. The second-order valence-corrected chi connectivity index (χ2v) is 4.54. The number of H-pyrrole nitrogens is 1. The van der Waals surface area contributed by atoms with E-state index in [1.54, 1.807) is 19.2 Å². The molecule has 0 aliphatic heterocycles. The van der Waals surface area contributed by atoms with Gasteiger partial charge in [0, 0.05) is 22.2 Å². The van der Waals surface area contributed by atoms with E-state index in [4.69, 9.17) is 4.74 Å². The second-order valence-electron chi connectivity index (χ2n) is 4.54. The first-order valence-electron chi connectivity index (χ1n) is 6.11. The Labute approximate surface area is 110 Å². The van der Waals surface area contributed by atoms with Gasteiger partial charge < -0.3 is 9.72 Å². The van der Waals surface area contributed by atoms with Gasteiger partial charge in [-0.2, -0.15) is 0 Å². The third-order valence-corrected chi connectivity index (χ3v) is 3.40. The fourth-order valence-corrected chi connectivity index (χ4v) is 2.34. The molecule has 0 aliphatic carbocycles. The lowest BCUT2D eigenvalue weighted by Crippen LogP contribution is -1.86. The maximum absolute atomic E-state index is 12.9. The van der Waals surface area contributed by atoms with Gasteiger partial charge in [0.05, 0.1) is 7.11 Å². The molecule has 0 saturated carbocycles. The predicted molar refractivity (Wildman–Crippen MR) is 75.0 cm³/mol. The van der Waals surface area contributed by atoms with E-state index >= 15 is 0 Å². The van der Waals surface area contributed by atoms with Crippen molar-refractivity contribution in [2.45, 2.75) is 6.92 Å². The zero-order valence-corrected chi connectivity index (χ0v) is 10.8. The first-order chi connectivity index (χ1) is 9.19. The molecule has 0 fully saturated rings. The molecule has 0 amide bonds. The number of methoxy groups -OCH3 is 1. The van der Waals surface area contributed by atoms with Gasteiger partial charge in [0.2, 0.25) is 0 Å². The van der Waals surface area contributed by atoms with Crippen molar-refractivity contribution in [1.82, 2.24) is 4.98 Å². The molecule has 1 aromatic heterocycles. The van der Waals surface area contributed by atoms with Crippen LogP contribution in [0.15, 0.2) is 42.5 Å². The van der Waals surface area contributed by atoms with Crippen molar-refractivity contribution in [3.8, 4) is 17.0 Å². The third-order valence-electron chi connectivity index (χ3n) is 3.40. The van der Waals surface area contributed by atoms with Crippen LogP contribution in [-0.2, 0) is 0 Å². The van der Waals surface area contributed by atoms with Crippen LogP contribution in [0, 0.1) is 12.7 Å². The maximum Gasteiger partial charge on any atom is 0.123 e. The molecule has 3 rings (SSSR count). The summed E-state index contributed by atoms with van der Waals surface area (Å²) < 4.78 is 18.3. The Hall–Kier alpha value is -2.29. The van der Waals surface area contributed by atoms with Crippen molar-refractivity contribution in [2.24, 2.45) is 0 Å². The quantitative estimate of drug-likeness (QED) is 0.726. The summed E-state index contributed by atoms with van der Waals surface area (Å²) in [4.78, 5) is 3.35. The highest BCUT2D eigenvalue weighted by atomic mass is 19.1. The van der Waals surface area contributed by atoms with Crippen molar-refractivity contribution in [2.75, 3.05) is 7.11 Å². The SMILES string of the molecule is COc1ccc2[nH]c(-c3ccc(F)cc3)cc2c1C. The zero-order chi connectivity index (χ0) is 13.4. The Kier molecular flexibility index (Phi) is 2.75. The number of halogens is 1. The summed E-state index contributed by atoms with van der Waals surface area (Å²) in [5.74, 6) is 0.648. The average molecular weight is 255 g/mol. The molecule has 0 radical (unpaired) electrons. The van der Waals surface area contributed by atoms with Crippen molar-refractivity contribution in [3.05, 3.63) is 53.8 Å². The molecule has 0 atom stereocenters. The highest BCUT2D eigenvalue weighted by Crippen LogP contribution is 2.31. The van der Waals surface area contributed by atoms with Crippen LogP contribution < -0.4 is 4.74 Å². The van der Waals surface area contributed by atoms with Crippen LogP contribution in [0.2, 0.25) is 0 Å². The van der Waals surface area contributed by atoms with E-state index in [0.717, 1.165) is 33.5 Å². The lowest BCUT2D eigenvalue weighted by Gasteiger charge is -2.04. The Morgan fingerprint density at radius 3 is 2.47 bits per heavy atom. The van der Waals surface area contributed by atoms with Gasteiger partial charge in [-0.05, 0) is 55.0 Å². The molecule has 0 aliphatic rings. The predicted octanol–water partition coefficient (Wildman–Crippen LogP) is 4.29. The number of nitrogens with one attached hydrogen (secondary N) is 1. The standard InChI is InChI=1S/C16H14FNO/c1-10-13-9-15(11-3-5-12(17)6-4-11)18-14(13)7-8-16(10)19-2/h3-9,18H,1-2H3. The molecular weight excluding hydrogens is 241 g/mol. The molecule has 2 aromatic carbocycles. The molecule has 2 nitrogen and oxygen atoms in total. The second kappa shape index (κ2) is 4.43. The first kappa shape index (κ1) is 11.8. The summed E-state index contributed by atoms with van der Waals surface area (Å²) in [5.41, 5.74) is 4.10. The van der Waals surface area contributed by atoms with E-state index < -0.39 is 0 Å². The minimum atomic E-state index is -0.224. The summed E-state index contributed by atoms with van der Waals surface area (Å²) in [5, 5.41) is 1.12. The summed E-state index contributed by atoms with van der Waals surface area (Å²) in [6, 6.07) is 12.5. The van der Waals surface area contributed by atoms with Crippen molar-refractivity contribution < 1.29 is 9.13 Å². The summed E-state index contributed by atoms with van der Waals surface area (Å²) in [7, 11) is 1.67. The van der Waals surface area contributed by atoms with Gasteiger partial charge in [0.25, 0.3) is 0 Å². The first-order valence-corrected chi connectivity index (χ1v) is 6.11. The number of ether oxygens (including phenoxy) is 1. The van der Waals surface area contributed by atoms with E-state index in [2.05, 4.69) is 11.1 Å². The molecule has 96 valence electrons. The molecule has 0 bridgehead atoms. The smallest absolute Gasteiger partial charge is 0.123 e. The van der Waals surface area contributed by atoms with Crippen LogP contribution in [-0.4, -0.2) is 12.1 Å². The molecule has 1 N–H and O–H groups in total. The monoisotopic (exact) mass is 255 g/mol. The lowest BCUT2D eigenvalue weighted by molar-refractivity contribution is 0.412. The van der Waals surface area contributed by atoms with E-state index in [9.17, 15) is 4.39 Å². The molecule has 3 aromatic rings. The number of fused-ring (bicyclic) bond motifs is 1. The van der Waals surface area contributed by atoms with E-state index in [1.807, 2.05) is 19.1 Å². The van der Waals surface area contributed by atoms with E-state index in [-0.39, 0.29) is 5.82 Å². The van der Waals surface area contributed by atoms with Gasteiger partial charge >= 0.3 is 0 Å². The highest BCUT2D eigenvalue weighted by molar-refractivity contribution is 5.90. The Bertz CT molecular complexity index is 728. The number of rotatable bonds is 2. The number of hydrogen-bond donors (Lipinski definition) is 1. The van der Waals surface area contributed by atoms with E-state index in [0.29, 0.717) is 0 Å². The van der Waals surface area contributed by atoms with Gasteiger partial charge in [0.15, 0.2) is 0 Å². The third kappa shape index (κ3) is 1.97. The molecule has 1 heterocycles. The summed E-state index contributed by atoms with van der Waals surface area (Å²) >= 11 is 0. The average Bonchev–Trinajstić information content (AvgIpc) is 2.85. The van der Waals surface area contributed by atoms with Crippen LogP contribution in [0.1, 0.15) is 5.56 Å². The number of aromatic nitrogens is 1. The van der Waals surface area contributed by atoms with Crippen molar-refractivity contribution in [3.63, 3.8) is 0 Å². The Morgan fingerprint density at radius 2 is 1.79 bits per heavy atom. The molecular formula is C16H14FNO. The lowest BCUT2D eigenvalue weighted by atomic mass is 10.1. The number of aromatic amines is 1. The molecule has 0 spiro atoms. The van der Waals surface area contributed by atoms with Crippen LogP contribution in [0.4, 0.5) is 4.39 Å². The summed E-state index contributed by atoms with van der Waals surface area (Å²) in [6.07, 6.45) is 0. The fraction of sp³-hybridized carbons (Fsp3) is 0.125. The maximum atomic E-state index is 12.9. The zero-order valence-electron chi connectivity index (χ0n) is 10.8. The minimum absolute atomic E-state index is 0.224. The number of hydrogen-bond acceptors (Lipinski definition) is 1. The van der Waals surface area contributed by atoms with Crippen LogP contribution in [0.5, 0.6) is 5.75 Å². The van der Waals surface area contributed by atoms with Crippen molar-refractivity contribution >= 4 is 10.9 Å². The highest BCUT2D eigenvalue weighted by Gasteiger charge is 2.08. The topological polar surface area (TPSA) is 25.0 Å². The van der Waals surface area contributed by atoms with Crippen LogP contribution >= 0.6 is 0 Å². The number of aryl methyl sites for hydroxylation is 1. The van der Waals surface area contributed by atoms with Gasteiger partial charge in [-0.25, -0.2) is 4.39 Å². The van der Waals surface area contributed by atoms with Gasteiger partial charge in [-0.1, -0.05) is 0 Å².